The van der Waals surface area contributed by atoms with E-state index in [-0.39, 0.29) is 49.3 Å². The lowest BCUT2D eigenvalue weighted by Crippen LogP contribution is -2.56. The van der Waals surface area contributed by atoms with Gasteiger partial charge in [-0.3, -0.25) is 43.9 Å². The number of hydrogen-bond donors (Lipinski definition) is 3. The summed E-state index contributed by atoms with van der Waals surface area (Å²) in [5.74, 6) is -4.45. The smallest absolute Gasteiger partial charge is 0.341 e. The SMILES string of the molecule is CNc1cc2c(=O)n(C)cc(-c3cc(OC)c(CN4CCN(C(=O)CCCOC5(C(=O)O)C=CC=C6C(=O)N(C7CCC(=O)NC7=O)C(=O)C65)CC4)c(OC)c3)c2cn1. The number of aliphatic carboxylic acids is 1. The first-order valence-electron chi connectivity index (χ1n) is 19.2. The summed E-state index contributed by atoms with van der Waals surface area (Å²) in [6, 6.07) is 4.30. The summed E-state index contributed by atoms with van der Waals surface area (Å²) in [6.45, 7) is 2.28. The number of aryl methyl sites for hydroxylation is 1. The zero-order valence-electron chi connectivity index (χ0n) is 33.1. The van der Waals surface area contributed by atoms with E-state index in [4.69, 9.17) is 14.2 Å². The monoisotopic (exact) mass is 811 g/mol. The second-order valence-corrected chi connectivity index (χ2v) is 14.8. The molecule has 310 valence electrons. The number of pyridine rings is 2. The number of piperazine rings is 1. The number of nitrogens with one attached hydrogen (secondary N) is 2. The van der Waals surface area contributed by atoms with E-state index >= 15 is 0 Å². The molecule has 3 fully saturated rings. The van der Waals surface area contributed by atoms with Crippen molar-refractivity contribution in [1.82, 2.24) is 29.6 Å². The molecular formula is C41H45N7O11. The number of carboxylic acid groups (broad SMARTS) is 1. The van der Waals surface area contributed by atoms with Gasteiger partial charge in [-0.2, -0.15) is 0 Å². The van der Waals surface area contributed by atoms with Gasteiger partial charge in [-0.05, 0) is 42.7 Å². The van der Waals surface area contributed by atoms with E-state index in [1.54, 1.807) is 51.7 Å². The number of amides is 5. The Morgan fingerprint density at radius 3 is 2.37 bits per heavy atom. The van der Waals surface area contributed by atoms with Crippen molar-refractivity contribution in [2.24, 2.45) is 13.0 Å². The Morgan fingerprint density at radius 2 is 1.73 bits per heavy atom. The van der Waals surface area contributed by atoms with E-state index in [0.29, 0.717) is 60.8 Å². The Balaban J connectivity index is 0.965. The molecule has 3 aliphatic heterocycles. The molecule has 3 atom stereocenters. The summed E-state index contributed by atoms with van der Waals surface area (Å²) in [7, 11) is 6.61. The minimum absolute atomic E-state index is 0.0523. The number of anilines is 1. The van der Waals surface area contributed by atoms with E-state index < -0.39 is 47.2 Å². The van der Waals surface area contributed by atoms with Crippen molar-refractivity contribution in [2.75, 3.05) is 59.4 Å². The normalized spacial score (nSPS) is 22.0. The summed E-state index contributed by atoms with van der Waals surface area (Å²) in [4.78, 5) is 99.3. The summed E-state index contributed by atoms with van der Waals surface area (Å²) in [6.07, 6.45) is 7.35. The first kappa shape index (κ1) is 40.8. The van der Waals surface area contributed by atoms with Crippen LogP contribution in [0, 0.1) is 5.92 Å². The van der Waals surface area contributed by atoms with Crippen molar-refractivity contribution in [2.45, 2.75) is 43.9 Å². The largest absolute Gasteiger partial charge is 0.496 e. The van der Waals surface area contributed by atoms with Gasteiger partial charge in [-0.1, -0.05) is 12.2 Å². The van der Waals surface area contributed by atoms with Crippen molar-refractivity contribution in [3.63, 3.8) is 0 Å². The van der Waals surface area contributed by atoms with Gasteiger partial charge in [0.05, 0.1) is 25.2 Å². The van der Waals surface area contributed by atoms with Gasteiger partial charge in [0.15, 0.2) is 5.60 Å². The number of hydrogen-bond acceptors (Lipinski definition) is 13. The van der Waals surface area contributed by atoms with Crippen molar-refractivity contribution in [1.29, 1.82) is 0 Å². The Hall–Kier alpha value is -6.40. The molecule has 0 radical (unpaired) electrons. The van der Waals surface area contributed by atoms with Crippen LogP contribution in [0.25, 0.3) is 21.9 Å². The van der Waals surface area contributed by atoms with Gasteiger partial charge in [-0.15, -0.1) is 0 Å². The Bertz CT molecular complexity index is 2360. The molecule has 7 rings (SSSR count). The highest BCUT2D eigenvalue weighted by molar-refractivity contribution is 6.20. The molecule has 3 aromatic rings. The number of benzene rings is 1. The lowest BCUT2D eigenvalue weighted by atomic mass is 9.79. The number of imide groups is 2. The van der Waals surface area contributed by atoms with Crippen LogP contribution in [-0.2, 0) is 47.1 Å². The van der Waals surface area contributed by atoms with Crippen molar-refractivity contribution in [3.05, 3.63) is 70.3 Å². The first-order chi connectivity index (χ1) is 28.3. The topological polar surface area (TPSA) is 219 Å². The van der Waals surface area contributed by atoms with Crippen LogP contribution in [0.5, 0.6) is 11.5 Å². The maximum Gasteiger partial charge on any atom is 0.341 e. The van der Waals surface area contributed by atoms with Crippen LogP contribution < -0.4 is 25.7 Å². The number of aromatic nitrogens is 2. The van der Waals surface area contributed by atoms with Crippen LogP contribution in [0.3, 0.4) is 0 Å². The maximum atomic E-state index is 13.6. The van der Waals surface area contributed by atoms with Gasteiger partial charge in [-0.25, -0.2) is 9.78 Å². The number of piperidine rings is 1. The first-order valence-corrected chi connectivity index (χ1v) is 19.2. The molecule has 1 aliphatic carbocycles. The van der Waals surface area contributed by atoms with Gasteiger partial charge in [0, 0.05) is 95.2 Å². The summed E-state index contributed by atoms with van der Waals surface area (Å²) in [5, 5.41) is 16.7. The van der Waals surface area contributed by atoms with Crippen LogP contribution >= 0.6 is 0 Å². The molecule has 1 aromatic carbocycles. The number of ether oxygens (including phenoxy) is 3. The van der Waals surface area contributed by atoms with E-state index in [1.807, 2.05) is 12.1 Å². The molecule has 3 unspecified atom stereocenters. The molecule has 0 spiro atoms. The number of rotatable bonds is 13. The Morgan fingerprint density at radius 1 is 1.02 bits per heavy atom. The van der Waals surface area contributed by atoms with Crippen LogP contribution in [0.1, 0.15) is 31.2 Å². The number of fused-ring (bicyclic) bond motifs is 2. The van der Waals surface area contributed by atoms with E-state index in [1.165, 1.54) is 22.8 Å². The predicted molar refractivity (Wildman–Crippen MR) is 211 cm³/mol. The molecule has 3 N–H and O–H groups in total. The number of allylic oxidation sites excluding steroid dienone is 2. The lowest BCUT2D eigenvalue weighted by Gasteiger charge is -2.35. The number of likely N-dealkylation sites (tertiary alicyclic amines) is 1. The standard InChI is InChI=1S/C41H45N7O11/c1-42-32-19-25-26(20-43-32)27(21-45(2)37(25)52)23-17-30(57-3)28(31(18-23)58-4)22-46-12-14-47(15-13-46)34(50)8-6-16-59-41(40(55)56)11-5-7-24-35(41)39(54)48(38(24)53)29-9-10-33(49)44-36(29)51/h5,7,11,17-21,29,35H,6,8-10,12-16,22H2,1-4H3,(H,42,43)(H,55,56)(H,44,49,51). The Labute approximate surface area is 338 Å². The van der Waals surface area contributed by atoms with Crippen molar-refractivity contribution >= 4 is 52.1 Å². The third-order valence-corrected chi connectivity index (χ3v) is 11.4. The molecule has 18 nitrogen and oxygen atoms in total. The molecule has 5 amide bonds. The van der Waals surface area contributed by atoms with Crippen molar-refractivity contribution in [3.8, 4) is 22.6 Å². The van der Waals surface area contributed by atoms with Gasteiger partial charge in [0.2, 0.25) is 23.6 Å². The van der Waals surface area contributed by atoms with E-state index in [2.05, 4.69) is 20.5 Å². The summed E-state index contributed by atoms with van der Waals surface area (Å²) in [5.41, 5.74) is -0.113. The molecule has 18 heteroatoms. The van der Waals surface area contributed by atoms with Crippen molar-refractivity contribution < 1.29 is 48.1 Å². The molecule has 3 saturated heterocycles. The van der Waals surface area contributed by atoms with Crippen LogP contribution in [0.4, 0.5) is 5.82 Å². The molecule has 5 heterocycles. The number of carbonyl (C=O) groups excluding carboxylic acids is 5. The van der Waals surface area contributed by atoms with E-state index in [9.17, 15) is 38.7 Å². The average Bonchev–Trinajstić information content (AvgIpc) is 3.49. The fraction of sp³-hybridized carbons (Fsp3) is 0.415. The van der Waals surface area contributed by atoms with E-state index in [0.717, 1.165) is 21.6 Å². The Kier molecular flexibility index (Phi) is 11.4. The fourth-order valence-electron chi connectivity index (χ4n) is 8.24. The molecule has 59 heavy (non-hydrogen) atoms. The second kappa shape index (κ2) is 16.5. The predicted octanol–water partition coefficient (Wildman–Crippen LogP) is 1.21. The van der Waals surface area contributed by atoms with Crippen LogP contribution in [0.15, 0.2) is 59.2 Å². The average molecular weight is 812 g/mol. The number of methoxy groups -OCH3 is 2. The zero-order valence-corrected chi connectivity index (χ0v) is 33.1. The fourth-order valence-corrected chi connectivity index (χ4v) is 8.24. The summed E-state index contributed by atoms with van der Waals surface area (Å²) < 4.78 is 19.1. The maximum absolute atomic E-state index is 13.6. The van der Waals surface area contributed by atoms with Gasteiger partial charge in [0.25, 0.3) is 11.5 Å². The highest BCUT2D eigenvalue weighted by Gasteiger charge is 2.61. The molecule has 0 saturated carbocycles. The molecular weight excluding hydrogens is 766 g/mol. The van der Waals surface area contributed by atoms with Crippen LogP contribution in [-0.4, -0.2) is 131 Å². The van der Waals surface area contributed by atoms with Gasteiger partial charge in [0.1, 0.15) is 29.3 Å². The summed E-state index contributed by atoms with van der Waals surface area (Å²) >= 11 is 0. The number of carboxylic acids is 1. The lowest BCUT2D eigenvalue weighted by molar-refractivity contribution is -0.169. The highest BCUT2D eigenvalue weighted by atomic mass is 16.5. The molecule has 2 aromatic heterocycles. The minimum Gasteiger partial charge on any atom is -0.496 e. The molecule has 0 bridgehead atoms. The second-order valence-electron chi connectivity index (χ2n) is 14.8. The minimum atomic E-state index is -2.23. The van der Waals surface area contributed by atoms with Gasteiger partial charge >= 0.3 is 5.97 Å². The van der Waals surface area contributed by atoms with Gasteiger partial charge < -0.3 is 34.1 Å². The van der Waals surface area contributed by atoms with Crippen LogP contribution in [0.2, 0.25) is 0 Å². The third kappa shape index (κ3) is 7.44. The quantitative estimate of drug-likeness (QED) is 0.163. The molecule has 4 aliphatic rings. The number of nitrogens with zero attached hydrogens (tertiary/aromatic N) is 5. The number of carbonyl (C=O) groups is 6. The zero-order chi connectivity index (χ0) is 42.2. The highest BCUT2D eigenvalue weighted by Crippen LogP contribution is 2.42. The third-order valence-electron chi connectivity index (χ3n) is 11.4.